The van der Waals surface area contributed by atoms with E-state index in [1.54, 1.807) is 0 Å². The van der Waals surface area contributed by atoms with E-state index in [1.807, 2.05) is 0 Å². The van der Waals surface area contributed by atoms with Gasteiger partial charge >= 0.3 is 0 Å². The zero-order valence-corrected chi connectivity index (χ0v) is 10.4. The van der Waals surface area contributed by atoms with Gasteiger partial charge in [-0.15, -0.1) is 5.10 Å². The second kappa shape index (κ2) is 5.87. The Labute approximate surface area is 115 Å². The molecule has 0 bridgehead atoms. The number of carbonyl (C=O) groups is 1. The molecule has 2 rings (SSSR count). The molecule has 6 nitrogen and oxygen atoms in total. The summed E-state index contributed by atoms with van der Waals surface area (Å²) in [7, 11) is 0. The lowest BCUT2D eigenvalue weighted by Gasteiger charge is -2.05. The Bertz CT molecular complexity index is 661. The van der Waals surface area contributed by atoms with Gasteiger partial charge in [0.2, 0.25) is 5.91 Å². The van der Waals surface area contributed by atoms with Gasteiger partial charge < -0.3 is 11.1 Å². The van der Waals surface area contributed by atoms with Crippen LogP contribution in [0.25, 0.3) is 5.69 Å². The second-order valence-corrected chi connectivity index (χ2v) is 3.95. The number of nitrogens with two attached hydrogens (primary N) is 1. The predicted molar refractivity (Wildman–Crippen MR) is 62.1 cm³/mol. The SMILES string of the molecule is NCC(=O)NCc1cn(-c2c(F)c(F)cc(F)c2F)nn1. The Morgan fingerprint density at radius 3 is 2.43 bits per heavy atom. The predicted octanol–water partition coefficient (Wildman–Crippen LogP) is 0.399. The normalized spacial score (nSPS) is 10.7. The molecule has 0 aliphatic heterocycles. The van der Waals surface area contributed by atoms with Gasteiger partial charge in [-0.05, 0) is 0 Å². The van der Waals surface area contributed by atoms with Gasteiger partial charge in [0.15, 0.2) is 23.3 Å². The lowest BCUT2D eigenvalue weighted by Crippen LogP contribution is -2.29. The summed E-state index contributed by atoms with van der Waals surface area (Å²) in [6.07, 6.45) is 1.02. The van der Waals surface area contributed by atoms with Crippen LogP contribution in [0.1, 0.15) is 5.69 Å². The molecule has 1 aromatic heterocycles. The van der Waals surface area contributed by atoms with Crippen LogP contribution < -0.4 is 11.1 Å². The highest BCUT2D eigenvalue weighted by Gasteiger charge is 2.21. The van der Waals surface area contributed by atoms with Gasteiger partial charge in [-0.2, -0.15) is 0 Å². The van der Waals surface area contributed by atoms with E-state index in [4.69, 9.17) is 5.73 Å². The lowest BCUT2D eigenvalue weighted by atomic mass is 10.2. The molecule has 112 valence electrons. The summed E-state index contributed by atoms with van der Waals surface area (Å²) in [5, 5.41) is 9.23. The number of carbonyl (C=O) groups excluding carboxylic acids is 1. The molecular weight excluding hydrogens is 294 g/mol. The Morgan fingerprint density at radius 1 is 1.24 bits per heavy atom. The van der Waals surface area contributed by atoms with Gasteiger partial charge in [-0.25, -0.2) is 22.2 Å². The maximum absolute atomic E-state index is 13.5. The summed E-state index contributed by atoms with van der Waals surface area (Å²) in [5.41, 5.74) is 4.16. The third-order valence-electron chi connectivity index (χ3n) is 2.51. The monoisotopic (exact) mass is 303 g/mol. The molecule has 0 aliphatic rings. The summed E-state index contributed by atoms with van der Waals surface area (Å²) in [4.78, 5) is 10.9. The Hall–Kier alpha value is -2.49. The van der Waals surface area contributed by atoms with Crippen LogP contribution in [0.2, 0.25) is 0 Å². The minimum Gasteiger partial charge on any atom is -0.349 e. The topological polar surface area (TPSA) is 85.8 Å². The summed E-state index contributed by atoms with van der Waals surface area (Å²) in [6.45, 7) is -0.344. The van der Waals surface area contributed by atoms with Crippen LogP contribution in [-0.4, -0.2) is 27.4 Å². The Morgan fingerprint density at radius 2 is 1.86 bits per heavy atom. The van der Waals surface area contributed by atoms with Crippen molar-refractivity contribution in [2.75, 3.05) is 6.54 Å². The molecule has 0 radical (unpaired) electrons. The maximum atomic E-state index is 13.5. The van der Waals surface area contributed by atoms with Crippen molar-refractivity contribution in [1.29, 1.82) is 0 Å². The molecule has 1 amide bonds. The molecule has 0 fully saturated rings. The van der Waals surface area contributed by atoms with Crippen molar-refractivity contribution in [1.82, 2.24) is 20.3 Å². The molecule has 21 heavy (non-hydrogen) atoms. The van der Waals surface area contributed by atoms with Crippen molar-refractivity contribution in [3.63, 3.8) is 0 Å². The van der Waals surface area contributed by atoms with Crippen LogP contribution >= 0.6 is 0 Å². The fourth-order valence-corrected chi connectivity index (χ4v) is 1.51. The maximum Gasteiger partial charge on any atom is 0.234 e. The molecule has 0 unspecified atom stereocenters. The highest BCUT2D eigenvalue weighted by Crippen LogP contribution is 2.22. The fraction of sp³-hybridized carbons (Fsp3) is 0.182. The first-order valence-electron chi connectivity index (χ1n) is 5.65. The van der Waals surface area contributed by atoms with E-state index in [0.717, 1.165) is 6.20 Å². The molecular formula is C11H9F4N5O. The summed E-state index contributed by atoms with van der Waals surface area (Å²) in [6, 6.07) is 0.0908. The first-order valence-corrected chi connectivity index (χ1v) is 5.65. The third-order valence-corrected chi connectivity index (χ3v) is 2.51. The number of hydrogen-bond acceptors (Lipinski definition) is 4. The highest BCUT2D eigenvalue weighted by molar-refractivity contribution is 5.77. The van der Waals surface area contributed by atoms with Gasteiger partial charge in [0.25, 0.3) is 0 Å². The van der Waals surface area contributed by atoms with Crippen molar-refractivity contribution < 1.29 is 22.4 Å². The Kier molecular flexibility index (Phi) is 4.17. The lowest BCUT2D eigenvalue weighted by molar-refractivity contribution is -0.119. The van der Waals surface area contributed by atoms with Crippen molar-refractivity contribution in [2.24, 2.45) is 5.73 Å². The zero-order chi connectivity index (χ0) is 15.6. The molecule has 0 atom stereocenters. The largest absolute Gasteiger partial charge is 0.349 e. The van der Waals surface area contributed by atoms with Crippen LogP contribution in [-0.2, 0) is 11.3 Å². The smallest absolute Gasteiger partial charge is 0.234 e. The molecule has 10 heteroatoms. The van der Waals surface area contributed by atoms with Gasteiger partial charge in [0.05, 0.1) is 19.3 Å². The first kappa shape index (κ1) is 14.9. The van der Waals surface area contributed by atoms with Gasteiger partial charge in [-0.1, -0.05) is 5.21 Å². The van der Waals surface area contributed by atoms with E-state index in [2.05, 4.69) is 15.6 Å². The number of nitrogens with zero attached hydrogens (tertiary/aromatic N) is 3. The average molecular weight is 303 g/mol. The van der Waals surface area contributed by atoms with E-state index < -0.39 is 34.9 Å². The number of halogens is 4. The molecule has 0 aliphatic carbocycles. The van der Waals surface area contributed by atoms with E-state index in [9.17, 15) is 22.4 Å². The number of nitrogens with one attached hydrogen (secondary N) is 1. The van der Waals surface area contributed by atoms with Gasteiger partial charge in [0, 0.05) is 6.07 Å². The second-order valence-electron chi connectivity index (χ2n) is 3.95. The van der Waals surface area contributed by atoms with Crippen molar-refractivity contribution >= 4 is 5.91 Å². The van der Waals surface area contributed by atoms with E-state index >= 15 is 0 Å². The van der Waals surface area contributed by atoms with Crippen LogP contribution in [0.4, 0.5) is 17.6 Å². The van der Waals surface area contributed by atoms with Crippen LogP contribution in [0.15, 0.2) is 12.3 Å². The molecule has 0 saturated carbocycles. The van der Waals surface area contributed by atoms with Crippen LogP contribution in [0, 0.1) is 23.3 Å². The number of hydrogen-bond donors (Lipinski definition) is 2. The van der Waals surface area contributed by atoms with Crippen molar-refractivity contribution in [2.45, 2.75) is 6.54 Å². The number of rotatable bonds is 4. The number of benzene rings is 1. The number of amides is 1. The summed E-state index contributed by atoms with van der Waals surface area (Å²) < 4.78 is 53.8. The minimum absolute atomic E-state index is 0.0908. The van der Waals surface area contributed by atoms with Crippen molar-refractivity contribution in [3.05, 3.63) is 41.2 Å². The Balaban J connectivity index is 2.32. The molecule has 3 N–H and O–H groups in total. The molecule has 2 aromatic rings. The quantitative estimate of drug-likeness (QED) is 0.632. The molecule has 0 saturated heterocycles. The van der Waals surface area contributed by atoms with E-state index in [0.29, 0.717) is 4.68 Å². The molecule has 1 aromatic carbocycles. The average Bonchev–Trinajstić information content (AvgIpc) is 2.91. The minimum atomic E-state index is -1.60. The summed E-state index contributed by atoms with van der Waals surface area (Å²) >= 11 is 0. The van der Waals surface area contributed by atoms with Crippen molar-refractivity contribution in [3.8, 4) is 5.69 Å². The fourth-order valence-electron chi connectivity index (χ4n) is 1.51. The third kappa shape index (κ3) is 2.99. The standard InChI is InChI=1S/C11H9F4N5O/c12-6-1-7(13)10(15)11(9(6)14)20-4-5(18-19-20)3-17-8(21)2-16/h1,4H,2-3,16H2,(H,17,21). The van der Waals surface area contributed by atoms with E-state index in [1.165, 1.54) is 0 Å². The van der Waals surface area contributed by atoms with E-state index in [-0.39, 0.29) is 24.8 Å². The molecule has 1 heterocycles. The van der Waals surface area contributed by atoms with Gasteiger partial charge in [0.1, 0.15) is 11.4 Å². The first-order chi connectivity index (χ1) is 9.93. The van der Waals surface area contributed by atoms with Crippen LogP contribution in [0.5, 0.6) is 0 Å². The summed E-state index contributed by atoms with van der Waals surface area (Å²) in [5.74, 6) is -6.79. The zero-order valence-electron chi connectivity index (χ0n) is 10.4. The van der Waals surface area contributed by atoms with Crippen LogP contribution in [0.3, 0.4) is 0 Å². The molecule has 0 spiro atoms. The highest BCUT2D eigenvalue weighted by atomic mass is 19.2. The number of aromatic nitrogens is 3. The van der Waals surface area contributed by atoms with Gasteiger partial charge in [-0.3, -0.25) is 4.79 Å².